The molecule has 1 heterocycles. The fraction of sp³-hybridized carbons (Fsp3) is 0.222. The third kappa shape index (κ3) is 2.26. The van der Waals surface area contributed by atoms with Gasteiger partial charge in [-0.2, -0.15) is 0 Å². The fourth-order valence-corrected chi connectivity index (χ4v) is 2.69. The highest BCUT2D eigenvalue weighted by Gasteiger charge is 2.20. The van der Waals surface area contributed by atoms with Crippen molar-refractivity contribution < 1.29 is 4.43 Å². The monoisotopic (exact) mass is 294 g/mol. The van der Waals surface area contributed by atoms with Crippen LogP contribution in [0.3, 0.4) is 0 Å². The van der Waals surface area contributed by atoms with Crippen molar-refractivity contribution in [2.24, 2.45) is 0 Å². The molecule has 0 saturated heterocycles. The summed E-state index contributed by atoms with van der Waals surface area (Å²) >= 11 is 0. The summed E-state index contributed by atoms with van der Waals surface area (Å²) in [4.78, 5) is 12.7. The average Bonchev–Trinajstić information content (AvgIpc) is 2.52. The van der Waals surface area contributed by atoms with Crippen molar-refractivity contribution in [2.45, 2.75) is 27.2 Å². The average molecular weight is 294 g/mol. The second-order valence-electron chi connectivity index (χ2n) is 5.71. The lowest BCUT2D eigenvalue weighted by Gasteiger charge is -2.17. The van der Waals surface area contributed by atoms with Crippen molar-refractivity contribution in [3.63, 3.8) is 0 Å². The molecule has 0 unspecified atom stereocenters. The zero-order chi connectivity index (χ0) is 15.9. The molecule has 0 atom stereocenters. The van der Waals surface area contributed by atoms with Crippen LogP contribution >= 0.6 is 0 Å². The van der Waals surface area contributed by atoms with E-state index in [-0.39, 0.29) is 0 Å². The Bertz CT molecular complexity index is 912. The third-order valence-electron chi connectivity index (χ3n) is 4.21. The van der Waals surface area contributed by atoms with Gasteiger partial charge in [-0.3, -0.25) is 0 Å². The highest BCUT2D eigenvalue weighted by molar-refractivity contribution is 5.74. The van der Waals surface area contributed by atoms with Crippen LogP contribution in [0.1, 0.15) is 28.1 Å². The van der Waals surface area contributed by atoms with Gasteiger partial charge in [-0.15, -0.1) is 0 Å². The van der Waals surface area contributed by atoms with Gasteiger partial charge in [0, 0.05) is 11.0 Å². The van der Waals surface area contributed by atoms with Gasteiger partial charge >= 0.3 is 0 Å². The van der Waals surface area contributed by atoms with Gasteiger partial charge in [0.15, 0.2) is 0 Å². The largest absolute Gasteiger partial charge is 0.805 e. The molecule has 3 rings (SSSR count). The number of aryl methyl sites for hydroxylation is 2. The zero-order valence-electron chi connectivity index (χ0n) is 13.0. The smallest absolute Gasteiger partial charge is 0.286 e. The predicted octanol–water partition coefficient (Wildman–Crippen LogP) is 3.42. The van der Waals surface area contributed by atoms with Gasteiger partial charge in [0.1, 0.15) is 5.52 Å². The molecule has 0 N–H and O–H groups in total. The van der Waals surface area contributed by atoms with Gasteiger partial charge in [-0.25, -0.2) is 0 Å². The van der Waals surface area contributed by atoms with E-state index in [1.807, 2.05) is 44.2 Å². The van der Waals surface area contributed by atoms with Gasteiger partial charge < -0.3 is 9.94 Å². The van der Waals surface area contributed by atoms with Crippen LogP contribution in [0.4, 0.5) is 0 Å². The van der Waals surface area contributed by atoms with Gasteiger partial charge in [0.05, 0.1) is 16.5 Å². The molecule has 0 aliphatic rings. The second kappa shape index (κ2) is 5.30. The molecule has 22 heavy (non-hydrogen) atoms. The quantitative estimate of drug-likeness (QED) is 0.680. The summed E-state index contributed by atoms with van der Waals surface area (Å²) in [6.45, 7) is 5.59. The highest BCUT2D eigenvalue weighted by atomic mass is 16.5. The first-order chi connectivity index (χ1) is 10.5. The molecule has 0 radical (unpaired) electrons. The van der Waals surface area contributed by atoms with Crippen molar-refractivity contribution in [3.05, 3.63) is 80.7 Å². The number of hydrogen-bond acceptors (Lipinski definition) is 2. The molecule has 3 aromatic rings. The van der Waals surface area contributed by atoms with Crippen LogP contribution in [0, 0.1) is 30.9 Å². The minimum Gasteiger partial charge on any atom is -0.805 e. The third-order valence-corrected chi connectivity index (χ3v) is 4.21. The molecular formula is C18H18N2O2. The summed E-state index contributed by atoms with van der Waals surface area (Å²) in [7, 11) is 0. The summed E-state index contributed by atoms with van der Waals surface area (Å²) in [5, 5.41) is 12.5. The van der Waals surface area contributed by atoms with Crippen molar-refractivity contribution in [1.29, 1.82) is 0 Å². The Morgan fingerprint density at radius 1 is 1.05 bits per heavy atom. The lowest BCUT2D eigenvalue weighted by Crippen LogP contribution is -2.27. The Morgan fingerprint density at radius 3 is 2.36 bits per heavy atom. The molecule has 0 aliphatic heterocycles. The fourth-order valence-electron chi connectivity index (χ4n) is 2.69. The van der Waals surface area contributed by atoms with Crippen LogP contribution < -0.4 is 4.43 Å². The Balaban J connectivity index is 2.28. The van der Waals surface area contributed by atoms with Crippen LogP contribution in [0.25, 0.3) is 11.0 Å². The molecule has 0 fully saturated rings. The molecule has 0 bridgehead atoms. The van der Waals surface area contributed by atoms with Crippen LogP contribution in [-0.4, -0.2) is 4.73 Å². The van der Waals surface area contributed by atoms with E-state index in [1.165, 1.54) is 0 Å². The number of nitrogens with zero attached hydrogens (tertiary/aromatic N) is 2. The summed E-state index contributed by atoms with van der Waals surface area (Å²) < 4.78 is 1.77. The molecule has 1 aromatic heterocycles. The number of benzene rings is 2. The maximum Gasteiger partial charge on any atom is 0.286 e. The number of hydrogen-bond donors (Lipinski definition) is 0. The number of fused-ring (bicyclic) bond motifs is 1. The minimum atomic E-state index is 0.424. The van der Waals surface area contributed by atoms with Gasteiger partial charge in [0.25, 0.3) is 11.2 Å². The Hall–Kier alpha value is -2.62. The predicted molar refractivity (Wildman–Crippen MR) is 87.5 cm³/mol. The van der Waals surface area contributed by atoms with E-state index >= 15 is 0 Å². The summed E-state index contributed by atoms with van der Waals surface area (Å²) in [5.41, 5.74) is 4.82. The molecule has 0 saturated carbocycles. The Kier molecular flexibility index (Phi) is 3.45. The van der Waals surface area contributed by atoms with Gasteiger partial charge in [0.2, 0.25) is 0 Å². The van der Waals surface area contributed by atoms with E-state index in [9.17, 15) is 10.1 Å². The van der Waals surface area contributed by atoms with E-state index < -0.39 is 0 Å². The summed E-state index contributed by atoms with van der Waals surface area (Å²) in [6, 6.07) is 13.3. The molecule has 0 spiro atoms. The van der Waals surface area contributed by atoms with Crippen molar-refractivity contribution in [1.82, 2.24) is 4.73 Å². The molecule has 4 heteroatoms. The first-order valence-corrected chi connectivity index (χ1v) is 7.28. The standard InChI is InChI=1S/C18H18N2O2/c1-12-9-17-18(10-13(12)2)20(22)16(14(3)19(17)21)11-15-7-5-4-6-8-15/h4-10H,11H2,1-3H3. The lowest BCUT2D eigenvalue weighted by molar-refractivity contribution is -0.475. The van der Waals surface area contributed by atoms with Crippen LogP contribution in [0.2, 0.25) is 0 Å². The minimum absolute atomic E-state index is 0.424. The maximum absolute atomic E-state index is 12.7. The van der Waals surface area contributed by atoms with Crippen LogP contribution in [0.5, 0.6) is 0 Å². The molecule has 2 aromatic carbocycles. The van der Waals surface area contributed by atoms with Gasteiger partial charge in [-0.05, 0) is 43.5 Å². The molecule has 112 valence electrons. The number of aromatic nitrogens is 2. The highest BCUT2D eigenvalue weighted by Crippen LogP contribution is 2.20. The van der Waals surface area contributed by atoms with Crippen LogP contribution in [0.15, 0.2) is 42.5 Å². The SMILES string of the molecule is Cc1cc2c(cc1C)[n+](=O)c(Cc1ccccc1)c(C)n2[O-]. The maximum atomic E-state index is 12.7. The van der Waals surface area contributed by atoms with E-state index in [2.05, 4.69) is 0 Å². The van der Waals surface area contributed by atoms with Crippen molar-refractivity contribution in [2.75, 3.05) is 0 Å². The van der Waals surface area contributed by atoms with E-state index in [0.29, 0.717) is 28.8 Å². The van der Waals surface area contributed by atoms with Gasteiger partial charge in [-0.1, -0.05) is 30.3 Å². The van der Waals surface area contributed by atoms with Crippen molar-refractivity contribution >= 4 is 11.0 Å². The molecule has 0 aliphatic carbocycles. The summed E-state index contributed by atoms with van der Waals surface area (Å²) in [5.74, 6) is 0. The molecule has 0 amide bonds. The molecular weight excluding hydrogens is 276 g/mol. The van der Waals surface area contributed by atoms with E-state index in [1.54, 1.807) is 19.1 Å². The second-order valence-corrected chi connectivity index (χ2v) is 5.71. The molecule has 4 nitrogen and oxygen atoms in total. The van der Waals surface area contributed by atoms with E-state index in [0.717, 1.165) is 25.8 Å². The van der Waals surface area contributed by atoms with Crippen LogP contribution in [-0.2, 0) is 6.42 Å². The van der Waals surface area contributed by atoms with E-state index in [4.69, 9.17) is 0 Å². The topological polar surface area (TPSA) is 51.0 Å². The lowest BCUT2D eigenvalue weighted by atomic mass is 10.1. The first kappa shape index (κ1) is 14.3. The Labute approximate surface area is 128 Å². The number of rotatable bonds is 2. The van der Waals surface area contributed by atoms with Crippen molar-refractivity contribution in [3.8, 4) is 0 Å². The first-order valence-electron chi connectivity index (χ1n) is 7.28. The summed E-state index contributed by atoms with van der Waals surface area (Å²) in [6.07, 6.45) is 0.446. The zero-order valence-corrected chi connectivity index (χ0v) is 13.0. The Morgan fingerprint density at radius 2 is 1.68 bits per heavy atom. The normalized spacial score (nSPS) is 11.0.